The van der Waals surface area contributed by atoms with Gasteiger partial charge in [0.2, 0.25) is 0 Å². The van der Waals surface area contributed by atoms with Crippen molar-refractivity contribution in [2.45, 2.75) is 0 Å². The molecule has 0 aliphatic carbocycles. The Balaban J connectivity index is 0.00000112. The van der Waals surface area contributed by atoms with Crippen molar-refractivity contribution >= 4 is 18.8 Å². The summed E-state index contributed by atoms with van der Waals surface area (Å²) in [7, 11) is -1.42. The van der Waals surface area contributed by atoms with Crippen LogP contribution < -0.4 is 34.4 Å². The van der Waals surface area contributed by atoms with Crippen LogP contribution in [0.5, 0.6) is 0 Å². The third kappa shape index (κ3) is 3.19. The predicted molar refractivity (Wildman–Crippen MR) is 59.1 cm³/mol. The Morgan fingerprint density at radius 1 is 0.667 bits per heavy atom. The molecule has 0 bridgehead atoms. The van der Waals surface area contributed by atoms with Crippen LogP contribution in [0.3, 0.4) is 0 Å². The van der Waals surface area contributed by atoms with Gasteiger partial charge in [0.05, 0.1) is 0 Å². The maximum absolute atomic E-state index is 12.0. The number of rotatable bonds is 2. The number of benzene rings is 2. The van der Waals surface area contributed by atoms with Crippen molar-refractivity contribution in [1.29, 1.82) is 0 Å². The fourth-order valence-electron chi connectivity index (χ4n) is 1.28. The Bertz CT molecular complexity index is 351. The quantitative estimate of drug-likeness (QED) is 0.430. The Morgan fingerprint density at radius 2 is 1.00 bits per heavy atom. The van der Waals surface area contributed by atoms with Crippen molar-refractivity contribution in [1.82, 2.24) is 0 Å². The molecule has 2 aromatic carbocycles. The molecule has 2 rings (SSSR count). The summed E-state index contributed by atoms with van der Waals surface area (Å²) in [5, 5.41) is 1.77. The normalized spacial score (nSPS) is 9.73. The molecule has 0 aliphatic heterocycles. The second kappa shape index (κ2) is 6.11. The molecular formula is C12H10LiOP. The van der Waals surface area contributed by atoms with Crippen molar-refractivity contribution in [3.63, 3.8) is 0 Å². The SMILES string of the molecule is [Li+].[O-]P(c1ccccc1)c1ccccc1. The van der Waals surface area contributed by atoms with Crippen molar-refractivity contribution in [3.8, 4) is 0 Å². The maximum Gasteiger partial charge on any atom is 1.00 e. The zero-order valence-electron chi connectivity index (χ0n) is 8.63. The summed E-state index contributed by atoms with van der Waals surface area (Å²) in [5.41, 5.74) is 0. The smallest absolute Gasteiger partial charge is 0.822 e. The molecule has 0 heterocycles. The fraction of sp³-hybridized carbons (Fsp3) is 0. The van der Waals surface area contributed by atoms with Gasteiger partial charge in [-0.25, -0.2) is 0 Å². The van der Waals surface area contributed by atoms with Crippen LogP contribution >= 0.6 is 8.15 Å². The van der Waals surface area contributed by atoms with Crippen LogP contribution in [-0.4, -0.2) is 0 Å². The van der Waals surface area contributed by atoms with Crippen molar-refractivity contribution < 1.29 is 23.8 Å². The molecule has 15 heavy (non-hydrogen) atoms. The van der Waals surface area contributed by atoms with E-state index in [0.29, 0.717) is 0 Å². The van der Waals surface area contributed by atoms with Gasteiger partial charge >= 0.3 is 18.9 Å². The first-order chi connectivity index (χ1) is 6.88. The molecule has 0 radical (unpaired) electrons. The van der Waals surface area contributed by atoms with Crippen LogP contribution in [0.25, 0.3) is 0 Å². The van der Waals surface area contributed by atoms with Gasteiger partial charge in [-0.05, 0) is 10.6 Å². The second-order valence-corrected chi connectivity index (χ2v) is 4.59. The monoisotopic (exact) mass is 208 g/mol. The van der Waals surface area contributed by atoms with E-state index in [4.69, 9.17) is 0 Å². The third-order valence-corrected chi connectivity index (χ3v) is 3.52. The van der Waals surface area contributed by atoms with E-state index in [-0.39, 0.29) is 18.9 Å². The number of hydrogen-bond acceptors (Lipinski definition) is 1. The largest absolute Gasteiger partial charge is 1.00 e. The molecular weight excluding hydrogens is 198 g/mol. The molecule has 0 amide bonds. The Labute approximate surface area is 103 Å². The average molecular weight is 208 g/mol. The van der Waals surface area contributed by atoms with Gasteiger partial charge in [-0.1, -0.05) is 60.7 Å². The van der Waals surface area contributed by atoms with E-state index in [1.807, 2.05) is 60.7 Å². The van der Waals surface area contributed by atoms with Gasteiger partial charge in [-0.2, -0.15) is 0 Å². The van der Waals surface area contributed by atoms with Crippen molar-refractivity contribution in [2.75, 3.05) is 0 Å². The molecule has 2 aromatic rings. The summed E-state index contributed by atoms with van der Waals surface area (Å²) in [6.45, 7) is 0. The molecule has 1 nitrogen and oxygen atoms in total. The van der Waals surface area contributed by atoms with Crippen molar-refractivity contribution in [3.05, 3.63) is 60.7 Å². The molecule has 0 saturated heterocycles. The molecule has 70 valence electrons. The molecule has 3 heteroatoms. The van der Waals surface area contributed by atoms with Gasteiger partial charge in [0.1, 0.15) is 0 Å². The average Bonchev–Trinajstić information content (AvgIpc) is 2.30. The fourth-order valence-corrected chi connectivity index (χ4v) is 2.46. The van der Waals surface area contributed by atoms with Crippen LogP contribution in [0.1, 0.15) is 0 Å². The molecule has 0 aromatic heterocycles. The molecule has 0 atom stereocenters. The second-order valence-electron chi connectivity index (χ2n) is 2.97. The first-order valence-electron chi connectivity index (χ1n) is 4.45. The van der Waals surface area contributed by atoms with Gasteiger partial charge in [-0.15, -0.1) is 8.15 Å². The van der Waals surface area contributed by atoms with Gasteiger partial charge in [0.25, 0.3) is 0 Å². The molecule has 0 spiro atoms. The van der Waals surface area contributed by atoms with Crippen LogP contribution in [0, 0.1) is 0 Å². The van der Waals surface area contributed by atoms with E-state index in [9.17, 15) is 4.89 Å². The zero-order valence-corrected chi connectivity index (χ0v) is 9.52. The van der Waals surface area contributed by atoms with Crippen LogP contribution in [-0.2, 0) is 0 Å². The van der Waals surface area contributed by atoms with E-state index in [1.54, 1.807) is 0 Å². The molecule has 0 saturated carbocycles. The molecule has 0 fully saturated rings. The third-order valence-electron chi connectivity index (χ3n) is 1.98. The molecule has 0 N–H and O–H groups in total. The molecule has 0 aliphatic rings. The van der Waals surface area contributed by atoms with E-state index >= 15 is 0 Å². The Kier molecular flexibility index (Phi) is 5.09. The standard InChI is InChI=1S/C12H10OP.Li/c13-14(11-7-3-1-4-8-11)12-9-5-2-6-10-12;/h1-10H;/q-1;+1. The van der Waals surface area contributed by atoms with E-state index in [1.165, 1.54) is 0 Å². The summed E-state index contributed by atoms with van der Waals surface area (Å²) in [6, 6.07) is 19.1. The van der Waals surface area contributed by atoms with Gasteiger partial charge in [0.15, 0.2) is 0 Å². The van der Waals surface area contributed by atoms with Gasteiger partial charge in [-0.3, -0.25) is 0 Å². The minimum Gasteiger partial charge on any atom is -0.822 e. The summed E-state index contributed by atoms with van der Waals surface area (Å²) in [6.07, 6.45) is 0. The molecule has 0 unspecified atom stereocenters. The maximum atomic E-state index is 12.0. The summed E-state index contributed by atoms with van der Waals surface area (Å²) in [4.78, 5) is 12.0. The van der Waals surface area contributed by atoms with Crippen LogP contribution in [0.4, 0.5) is 0 Å². The summed E-state index contributed by atoms with van der Waals surface area (Å²) >= 11 is 0. The Morgan fingerprint density at radius 3 is 1.33 bits per heavy atom. The first-order valence-corrected chi connectivity index (χ1v) is 5.71. The zero-order chi connectivity index (χ0) is 9.80. The van der Waals surface area contributed by atoms with Gasteiger partial charge in [0, 0.05) is 0 Å². The predicted octanol–water partition coefficient (Wildman–Crippen LogP) is -1.60. The van der Waals surface area contributed by atoms with E-state index in [2.05, 4.69) is 0 Å². The van der Waals surface area contributed by atoms with Crippen LogP contribution in [0.15, 0.2) is 60.7 Å². The topological polar surface area (TPSA) is 23.1 Å². The Hall–Kier alpha value is -0.573. The summed E-state index contributed by atoms with van der Waals surface area (Å²) in [5.74, 6) is 0. The van der Waals surface area contributed by atoms with E-state index < -0.39 is 8.15 Å². The number of hydrogen-bond donors (Lipinski definition) is 0. The van der Waals surface area contributed by atoms with E-state index in [0.717, 1.165) is 10.6 Å². The minimum absolute atomic E-state index is 0. The van der Waals surface area contributed by atoms with Crippen LogP contribution in [0.2, 0.25) is 0 Å². The first kappa shape index (κ1) is 12.5. The minimum atomic E-state index is -1.42. The van der Waals surface area contributed by atoms with Crippen molar-refractivity contribution in [2.24, 2.45) is 0 Å². The van der Waals surface area contributed by atoms with Gasteiger partial charge < -0.3 is 4.89 Å². The summed E-state index contributed by atoms with van der Waals surface area (Å²) < 4.78 is 0.